The maximum atomic E-state index is 4.31. The lowest BCUT2D eigenvalue weighted by Crippen LogP contribution is -2.10. The first-order valence-corrected chi connectivity index (χ1v) is 7.02. The molecule has 0 radical (unpaired) electrons. The van der Waals surface area contributed by atoms with E-state index in [4.69, 9.17) is 0 Å². The van der Waals surface area contributed by atoms with E-state index in [0.717, 1.165) is 23.0 Å². The molecule has 0 saturated heterocycles. The van der Waals surface area contributed by atoms with Crippen LogP contribution in [0.5, 0.6) is 0 Å². The van der Waals surface area contributed by atoms with Gasteiger partial charge in [-0.2, -0.15) is 0 Å². The Hall–Kier alpha value is -1.83. The lowest BCUT2D eigenvalue weighted by molar-refractivity contribution is 0.727. The molecular weight excluding hydrogens is 232 g/mol. The minimum atomic E-state index is 0.921. The highest BCUT2D eigenvalue weighted by Crippen LogP contribution is 2.34. The van der Waals surface area contributed by atoms with Crippen LogP contribution in [-0.4, -0.2) is 5.84 Å². The Kier molecular flexibility index (Phi) is 3.24. The van der Waals surface area contributed by atoms with Crippen molar-refractivity contribution in [3.8, 4) is 0 Å². The SMILES string of the molecule is C=C1/C=C\N=C(C)Nc2cc(CCC3CC3)ccc21. The van der Waals surface area contributed by atoms with Crippen molar-refractivity contribution in [1.29, 1.82) is 0 Å². The highest BCUT2D eigenvalue weighted by Gasteiger charge is 2.20. The number of hydrogen-bond donors (Lipinski definition) is 1. The molecule has 0 amide bonds. The number of fused-ring (bicyclic) bond motifs is 1. The van der Waals surface area contributed by atoms with E-state index in [0.29, 0.717) is 0 Å². The van der Waals surface area contributed by atoms with E-state index < -0.39 is 0 Å². The van der Waals surface area contributed by atoms with Crippen LogP contribution in [0.1, 0.15) is 37.3 Å². The monoisotopic (exact) mass is 252 g/mol. The minimum Gasteiger partial charge on any atom is -0.343 e. The van der Waals surface area contributed by atoms with E-state index in [2.05, 4.69) is 35.1 Å². The summed E-state index contributed by atoms with van der Waals surface area (Å²) in [6, 6.07) is 6.66. The number of nitrogens with zero attached hydrogens (tertiary/aromatic N) is 1. The van der Waals surface area contributed by atoms with E-state index >= 15 is 0 Å². The largest absolute Gasteiger partial charge is 0.343 e. The number of aryl methyl sites for hydroxylation is 1. The van der Waals surface area contributed by atoms with Gasteiger partial charge in [-0.05, 0) is 49.0 Å². The molecule has 1 N–H and O–H groups in total. The summed E-state index contributed by atoms with van der Waals surface area (Å²) in [6.07, 6.45) is 9.12. The molecule has 0 aromatic heterocycles. The summed E-state index contributed by atoms with van der Waals surface area (Å²) in [7, 11) is 0. The molecule has 1 aliphatic carbocycles. The van der Waals surface area contributed by atoms with Crippen molar-refractivity contribution < 1.29 is 0 Å². The number of allylic oxidation sites excluding steroid dienone is 2. The topological polar surface area (TPSA) is 24.4 Å². The van der Waals surface area contributed by atoms with Crippen LogP contribution in [0.25, 0.3) is 5.57 Å². The summed E-state index contributed by atoms with van der Waals surface area (Å²) < 4.78 is 0. The van der Waals surface area contributed by atoms with Crippen molar-refractivity contribution in [2.45, 2.75) is 32.6 Å². The number of nitrogens with one attached hydrogen (secondary N) is 1. The molecule has 1 aromatic carbocycles. The maximum Gasteiger partial charge on any atom is 0.103 e. The van der Waals surface area contributed by atoms with Gasteiger partial charge in [0.05, 0.1) is 0 Å². The fraction of sp³-hybridized carbons (Fsp3) is 0.353. The van der Waals surface area contributed by atoms with Gasteiger partial charge in [0.1, 0.15) is 5.84 Å². The molecule has 98 valence electrons. The second-order valence-electron chi connectivity index (χ2n) is 5.54. The molecule has 1 saturated carbocycles. The molecule has 1 aromatic rings. The minimum absolute atomic E-state index is 0.921. The van der Waals surface area contributed by atoms with Crippen molar-refractivity contribution in [1.82, 2.24) is 0 Å². The number of aliphatic imine (C=N–C) groups is 1. The zero-order valence-corrected chi connectivity index (χ0v) is 11.4. The van der Waals surface area contributed by atoms with E-state index in [1.165, 1.54) is 36.8 Å². The molecule has 1 heterocycles. The third-order valence-corrected chi connectivity index (χ3v) is 3.83. The van der Waals surface area contributed by atoms with Crippen LogP contribution in [0.2, 0.25) is 0 Å². The predicted molar refractivity (Wildman–Crippen MR) is 82.4 cm³/mol. The van der Waals surface area contributed by atoms with Crippen LogP contribution in [0.3, 0.4) is 0 Å². The summed E-state index contributed by atoms with van der Waals surface area (Å²) in [5.41, 5.74) is 4.71. The van der Waals surface area contributed by atoms with Gasteiger partial charge in [0.2, 0.25) is 0 Å². The zero-order chi connectivity index (χ0) is 13.2. The van der Waals surface area contributed by atoms with Gasteiger partial charge >= 0.3 is 0 Å². The summed E-state index contributed by atoms with van der Waals surface area (Å²) in [6.45, 7) is 6.09. The number of amidine groups is 1. The van der Waals surface area contributed by atoms with Crippen molar-refractivity contribution in [2.24, 2.45) is 10.9 Å². The van der Waals surface area contributed by atoms with Gasteiger partial charge in [-0.15, -0.1) is 0 Å². The van der Waals surface area contributed by atoms with Gasteiger partial charge in [-0.1, -0.05) is 31.6 Å². The van der Waals surface area contributed by atoms with Crippen molar-refractivity contribution in [3.63, 3.8) is 0 Å². The molecule has 1 aliphatic heterocycles. The average molecular weight is 252 g/mol. The average Bonchev–Trinajstić information content (AvgIpc) is 3.18. The van der Waals surface area contributed by atoms with Crippen LogP contribution < -0.4 is 5.32 Å². The molecule has 0 spiro atoms. The Morgan fingerprint density at radius 1 is 1.37 bits per heavy atom. The van der Waals surface area contributed by atoms with Crippen LogP contribution >= 0.6 is 0 Å². The van der Waals surface area contributed by atoms with E-state index in [-0.39, 0.29) is 0 Å². The van der Waals surface area contributed by atoms with Crippen LogP contribution in [-0.2, 0) is 6.42 Å². The Labute approximate surface area is 115 Å². The van der Waals surface area contributed by atoms with Crippen molar-refractivity contribution >= 4 is 17.1 Å². The highest BCUT2D eigenvalue weighted by atomic mass is 15.0. The molecule has 3 rings (SSSR count). The number of rotatable bonds is 3. The van der Waals surface area contributed by atoms with Gasteiger partial charge in [-0.3, -0.25) is 0 Å². The number of benzene rings is 1. The van der Waals surface area contributed by atoms with Crippen LogP contribution in [0.4, 0.5) is 5.69 Å². The maximum absolute atomic E-state index is 4.31. The van der Waals surface area contributed by atoms with E-state index in [1.807, 2.05) is 13.0 Å². The third kappa shape index (κ3) is 2.95. The molecular formula is C17H20N2. The molecule has 2 heteroatoms. The van der Waals surface area contributed by atoms with Crippen LogP contribution in [0, 0.1) is 5.92 Å². The van der Waals surface area contributed by atoms with Gasteiger partial charge in [-0.25, -0.2) is 4.99 Å². The molecule has 0 atom stereocenters. The first kappa shape index (κ1) is 12.2. The van der Waals surface area contributed by atoms with Gasteiger partial charge in [0.15, 0.2) is 0 Å². The Morgan fingerprint density at radius 3 is 3.00 bits per heavy atom. The Bertz CT molecular complexity index is 563. The normalized spacial score (nSPS) is 19.8. The third-order valence-electron chi connectivity index (χ3n) is 3.83. The summed E-state index contributed by atoms with van der Waals surface area (Å²) >= 11 is 0. The lowest BCUT2D eigenvalue weighted by atomic mass is 9.99. The Morgan fingerprint density at radius 2 is 2.21 bits per heavy atom. The van der Waals surface area contributed by atoms with Gasteiger partial charge in [0.25, 0.3) is 0 Å². The second-order valence-corrected chi connectivity index (χ2v) is 5.54. The highest BCUT2D eigenvalue weighted by molar-refractivity contribution is 5.98. The van der Waals surface area contributed by atoms with E-state index in [1.54, 1.807) is 6.20 Å². The van der Waals surface area contributed by atoms with Gasteiger partial charge in [0, 0.05) is 17.5 Å². The summed E-state index contributed by atoms with van der Waals surface area (Å²) in [5.74, 6) is 1.90. The standard InChI is InChI=1S/C17H20N2/c1-12-9-10-18-13(2)19-17-11-15(7-8-16(12)17)6-5-14-3-4-14/h7-11,14H,1,3-6H2,2H3,(H,18,19)/b10-9-. The molecule has 2 aliphatic rings. The predicted octanol–water partition coefficient (Wildman–Crippen LogP) is 4.40. The lowest BCUT2D eigenvalue weighted by Gasteiger charge is -2.15. The second kappa shape index (κ2) is 5.04. The fourth-order valence-corrected chi connectivity index (χ4v) is 2.46. The first-order valence-electron chi connectivity index (χ1n) is 7.02. The Balaban J connectivity index is 1.86. The molecule has 1 fully saturated rings. The van der Waals surface area contributed by atoms with Crippen molar-refractivity contribution in [2.75, 3.05) is 5.32 Å². The molecule has 19 heavy (non-hydrogen) atoms. The first-order chi connectivity index (χ1) is 9.22. The molecule has 2 nitrogen and oxygen atoms in total. The quantitative estimate of drug-likeness (QED) is 0.847. The van der Waals surface area contributed by atoms with Gasteiger partial charge < -0.3 is 5.32 Å². The number of hydrogen-bond acceptors (Lipinski definition) is 2. The van der Waals surface area contributed by atoms with E-state index in [9.17, 15) is 0 Å². The zero-order valence-electron chi connectivity index (χ0n) is 11.4. The smallest absolute Gasteiger partial charge is 0.103 e. The number of anilines is 1. The molecule has 0 bridgehead atoms. The molecule has 0 unspecified atom stereocenters. The summed E-state index contributed by atoms with van der Waals surface area (Å²) in [4.78, 5) is 4.31. The summed E-state index contributed by atoms with van der Waals surface area (Å²) in [5, 5.41) is 3.37. The van der Waals surface area contributed by atoms with Crippen molar-refractivity contribution in [3.05, 3.63) is 48.2 Å². The fourth-order valence-electron chi connectivity index (χ4n) is 2.46. The van der Waals surface area contributed by atoms with Crippen LogP contribution in [0.15, 0.2) is 42.0 Å².